The van der Waals surface area contributed by atoms with Crippen molar-refractivity contribution in [3.05, 3.63) is 11.6 Å². The SMILES string of the molecule is C[C@H](CC[C@@H](O[C@@H]1O[C@H](CO)C[C@H](O)[C@H]1O[C@@H]1O[C@H](CO)C(O)[C@H](O)[C@H]1O)C(C)(C)O)C1CC[C@@]2(C)C3CC=C4C(CC[C@H](O)C4(C)C)[C@]3(C)[C@H](O)C[C@]12C. The topological polar surface area (TPSA) is 219 Å². The predicted octanol–water partition coefficient (Wildman–Crippen LogP) is 2.15. The summed E-state index contributed by atoms with van der Waals surface area (Å²) >= 11 is 0. The lowest BCUT2D eigenvalue weighted by Gasteiger charge is -2.67. The summed E-state index contributed by atoms with van der Waals surface area (Å²) in [6, 6.07) is 0. The molecule has 3 saturated carbocycles. The molecule has 0 radical (unpaired) electrons. The number of rotatable bonds is 11. The molecule has 2 heterocycles. The van der Waals surface area contributed by atoms with Gasteiger partial charge in [0.2, 0.25) is 0 Å². The monoisotopic (exact) mass is 784 g/mol. The van der Waals surface area contributed by atoms with Crippen LogP contribution in [0.5, 0.6) is 0 Å². The van der Waals surface area contributed by atoms with Gasteiger partial charge < -0.3 is 64.9 Å². The summed E-state index contributed by atoms with van der Waals surface area (Å²) in [7, 11) is 0. The average Bonchev–Trinajstić information content (AvgIpc) is 3.38. The second kappa shape index (κ2) is 15.7. The Morgan fingerprint density at radius 3 is 2.16 bits per heavy atom. The van der Waals surface area contributed by atoms with Crippen LogP contribution >= 0.6 is 0 Å². The summed E-state index contributed by atoms with van der Waals surface area (Å²) in [5.74, 6) is 1.05. The van der Waals surface area contributed by atoms with E-state index >= 15 is 0 Å². The molecule has 6 aliphatic rings. The number of ether oxygens (including phenoxy) is 4. The number of fused-ring (bicyclic) bond motifs is 5. The van der Waals surface area contributed by atoms with Crippen LogP contribution in [-0.4, -0.2) is 138 Å². The first-order valence-electron chi connectivity index (χ1n) is 20.9. The third-order valence-corrected chi connectivity index (χ3v) is 16.4. The first-order chi connectivity index (χ1) is 25.6. The van der Waals surface area contributed by atoms with Crippen molar-refractivity contribution in [2.75, 3.05) is 13.2 Å². The van der Waals surface area contributed by atoms with E-state index in [1.54, 1.807) is 13.8 Å². The fourth-order valence-electron chi connectivity index (χ4n) is 12.6. The van der Waals surface area contributed by atoms with Gasteiger partial charge in [-0.15, -0.1) is 0 Å². The molecule has 5 fully saturated rings. The summed E-state index contributed by atoms with van der Waals surface area (Å²) < 4.78 is 24.0. The van der Waals surface area contributed by atoms with Crippen LogP contribution in [0.1, 0.15) is 113 Å². The van der Waals surface area contributed by atoms with Crippen LogP contribution in [0.25, 0.3) is 0 Å². The fraction of sp³-hybridized carbons (Fsp3) is 0.952. The quantitative estimate of drug-likeness (QED) is 0.137. The van der Waals surface area contributed by atoms with Gasteiger partial charge in [0.05, 0.1) is 49.3 Å². The lowest BCUT2D eigenvalue weighted by molar-refractivity contribution is -0.364. The molecule has 55 heavy (non-hydrogen) atoms. The van der Waals surface area contributed by atoms with Crippen molar-refractivity contribution in [3.8, 4) is 0 Å². The zero-order chi connectivity index (χ0) is 40.6. The molecule has 2 saturated heterocycles. The predicted molar refractivity (Wildman–Crippen MR) is 201 cm³/mol. The van der Waals surface area contributed by atoms with Gasteiger partial charge in [-0.25, -0.2) is 0 Å². The molecule has 0 aromatic rings. The van der Waals surface area contributed by atoms with Crippen molar-refractivity contribution in [2.24, 2.45) is 45.3 Å². The second-order valence-electron chi connectivity index (χ2n) is 20.1. The first kappa shape index (κ1) is 43.8. The maximum absolute atomic E-state index is 12.3. The standard InChI is InChI=1S/C42H72O13/c1-21(23-15-16-40(6)28-12-10-24-25(11-13-29(46)38(24,2)3)42(28,8)30(47)18-41(23,40)7)9-14-31(39(4,5)51)54-37-35(26(45)17-22(19-43)52-37)55-36-34(50)33(49)32(48)27(20-44)53-36/h10,21-23,25-37,43-51H,9,11-20H2,1-8H3/t21-,22+,23?,25?,26+,27-,28?,29+,30-,31-,32?,33+,34-,35-,36+,37+,40+,41-,42+/m1/s1. The molecule has 9 N–H and O–H groups in total. The van der Waals surface area contributed by atoms with E-state index in [9.17, 15) is 46.0 Å². The normalized spacial score (nSPS) is 49.7. The van der Waals surface area contributed by atoms with Crippen molar-refractivity contribution in [3.63, 3.8) is 0 Å². The van der Waals surface area contributed by atoms with Gasteiger partial charge in [-0.2, -0.15) is 0 Å². The summed E-state index contributed by atoms with van der Waals surface area (Å²) in [5.41, 5.74) is -0.773. The fourth-order valence-corrected chi connectivity index (χ4v) is 12.6. The molecule has 0 spiro atoms. The smallest absolute Gasteiger partial charge is 0.187 e. The highest BCUT2D eigenvalue weighted by Gasteiger charge is 2.70. The molecule has 4 aliphatic carbocycles. The van der Waals surface area contributed by atoms with Crippen LogP contribution < -0.4 is 0 Å². The molecular weight excluding hydrogens is 712 g/mol. The summed E-state index contributed by atoms with van der Waals surface area (Å²) in [6.45, 7) is 15.9. The molecule has 0 amide bonds. The van der Waals surface area contributed by atoms with Crippen molar-refractivity contribution < 1.29 is 64.9 Å². The third-order valence-electron chi connectivity index (χ3n) is 16.4. The van der Waals surface area contributed by atoms with Gasteiger partial charge in [0.15, 0.2) is 12.6 Å². The molecule has 318 valence electrons. The van der Waals surface area contributed by atoms with Crippen LogP contribution in [0.4, 0.5) is 0 Å². The van der Waals surface area contributed by atoms with Gasteiger partial charge in [0, 0.05) is 17.3 Å². The van der Waals surface area contributed by atoms with Crippen molar-refractivity contribution in [1.29, 1.82) is 0 Å². The Morgan fingerprint density at radius 1 is 0.836 bits per heavy atom. The van der Waals surface area contributed by atoms with E-state index in [1.807, 2.05) is 0 Å². The van der Waals surface area contributed by atoms with Crippen molar-refractivity contribution in [1.82, 2.24) is 0 Å². The Labute approximate surface area is 327 Å². The van der Waals surface area contributed by atoms with Gasteiger partial charge in [-0.3, -0.25) is 0 Å². The first-order valence-corrected chi connectivity index (χ1v) is 20.9. The minimum Gasteiger partial charge on any atom is -0.394 e. The highest BCUT2D eigenvalue weighted by molar-refractivity contribution is 5.31. The summed E-state index contributed by atoms with van der Waals surface area (Å²) in [6.07, 6.45) is -5.24. The van der Waals surface area contributed by atoms with E-state index in [2.05, 4.69) is 47.6 Å². The average molecular weight is 785 g/mol. The highest BCUT2D eigenvalue weighted by atomic mass is 16.8. The van der Waals surface area contributed by atoms with E-state index < -0.39 is 86.3 Å². The molecule has 13 nitrogen and oxygen atoms in total. The van der Waals surface area contributed by atoms with E-state index in [1.165, 1.54) is 5.57 Å². The van der Waals surface area contributed by atoms with E-state index in [0.717, 1.165) is 32.1 Å². The Hall–Kier alpha value is -0.780. The van der Waals surface area contributed by atoms with E-state index in [-0.39, 0.29) is 46.0 Å². The Kier molecular flexibility index (Phi) is 12.5. The molecule has 0 aromatic carbocycles. The minimum absolute atomic E-state index is 0.00531. The second-order valence-corrected chi connectivity index (χ2v) is 20.1. The summed E-state index contributed by atoms with van der Waals surface area (Å²) in [4.78, 5) is 0. The van der Waals surface area contributed by atoms with Gasteiger partial charge >= 0.3 is 0 Å². The largest absolute Gasteiger partial charge is 0.394 e. The van der Waals surface area contributed by atoms with Crippen molar-refractivity contribution >= 4 is 0 Å². The van der Waals surface area contributed by atoms with Crippen LogP contribution in [0.2, 0.25) is 0 Å². The molecule has 13 heteroatoms. The molecule has 19 atom stereocenters. The van der Waals surface area contributed by atoms with Crippen LogP contribution in [0.3, 0.4) is 0 Å². The zero-order valence-electron chi connectivity index (χ0n) is 34.3. The zero-order valence-corrected chi connectivity index (χ0v) is 34.3. The molecular formula is C42H72O13. The lowest BCUT2D eigenvalue weighted by atomic mass is 9.38. The molecule has 0 aromatic heterocycles. The van der Waals surface area contributed by atoms with Gasteiger partial charge in [0.25, 0.3) is 0 Å². The number of aliphatic hydroxyl groups excluding tert-OH is 8. The van der Waals surface area contributed by atoms with Crippen LogP contribution in [0.15, 0.2) is 11.6 Å². The Morgan fingerprint density at radius 2 is 1.53 bits per heavy atom. The molecule has 0 bridgehead atoms. The molecule has 2 aliphatic heterocycles. The van der Waals surface area contributed by atoms with E-state index in [0.29, 0.717) is 31.1 Å². The van der Waals surface area contributed by atoms with E-state index in [4.69, 9.17) is 18.9 Å². The Bertz CT molecular complexity index is 1370. The number of allylic oxidation sites excluding steroid dienone is 1. The Balaban J connectivity index is 1.18. The highest BCUT2D eigenvalue weighted by Crippen LogP contribution is 2.75. The minimum atomic E-state index is -1.71. The summed E-state index contributed by atoms with van der Waals surface area (Å²) in [5, 5.41) is 96.8. The third kappa shape index (κ3) is 7.31. The number of hydrogen-bond donors (Lipinski definition) is 9. The van der Waals surface area contributed by atoms with Gasteiger partial charge in [0.1, 0.15) is 30.5 Å². The maximum Gasteiger partial charge on any atom is 0.187 e. The van der Waals surface area contributed by atoms with Crippen LogP contribution in [0, 0.1) is 45.3 Å². The van der Waals surface area contributed by atoms with Gasteiger partial charge in [-0.1, -0.05) is 53.2 Å². The van der Waals surface area contributed by atoms with Gasteiger partial charge in [-0.05, 0) is 99.7 Å². The molecule has 4 unspecified atom stereocenters. The lowest BCUT2D eigenvalue weighted by Crippen LogP contribution is -2.64. The maximum atomic E-state index is 12.3. The number of aliphatic hydroxyl groups is 9. The van der Waals surface area contributed by atoms with Crippen LogP contribution in [-0.2, 0) is 18.9 Å². The number of hydrogen-bond acceptors (Lipinski definition) is 13. The molecule has 6 rings (SSSR count). The van der Waals surface area contributed by atoms with Crippen molar-refractivity contribution in [2.45, 2.75) is 192 Å².